The number of hydrogen-bond donors (Lipinski definition) is 1. The summed E-state index contributed by atoms with van der Waals surface area (Å²) in [5.74, 6) is 0.209. The van der Waals surface area contributed by atoms with Gasteiger partial charge in [-0.3, -0.25) is 0 Å². The maximum absolute atomic E-state index is 12.9. The summed E-state index contributed by atoms with van der Waals surface area (Å²) in [4.78, 5) is 0.227. The van der Waals surface area contributed by atoms with E-state index in [-0.39, 0.29) is 16.9 Å². The Morgan fingerprint density at radius 1 is 1.45 bits per heavy atom. The highest BCUT2D eigenvalue weighted by molar-refractivity contribution is 7.89. The largest absolute Gasteiger partial charge is 0.328 e. The third-order valence-corrected chi connectivity index (χ3v) is 6.66. The van der Waals surface area contributed by atoms with E-state index in [0.29, 0.717) is 18.1 Å². The van der Waals surface area contributed by atoms with Crippen LogP contribution in [0, 0.1) is 5.92 Å². The number of nitrogens with two attached hydrogens (primary N) is 1. The molecule has 1 fully saturated rings. The van der Waals surface area contributed by atoms with Gasteiger partial charge >= 0.3 is 0 Å². The number of benzene rings is 1. The summed E-state index contributed by atoms with van der Waals surface area (Å²) in [6, 6.07) is 5.30. The molecule has 1 aliphatic rings. The summed E-state index contributed by atoms with van der Waals surface area (Å²) in [5.41, 5.74) is 6.96. The van der Waals surface area contributed by atoms with E-state index in [2.05, 4.69) is 6.92 Å². The Bertz CT molecular complexity index is 617. The van der Waals surface area contributed by atoms with Crippen LogP contribution in [0.4, 0.5) is 0 Å². The Morgan fingerprint density at radius 3 is 2.82 bits per heavy atom. The highest BCUT2D eigenvalue weighted by Crippen LogP contribution is 2.30. The Balaban J connectivity index is 2.31. The van der Waals surface area contributed by atoms with Crippen LogP contribution in [0.15, 0.2) is 23.1 Å². The van der Waals surface area contributed by atoms with Crippen molar-refractivity contribution in [3.63, 3.8) is 0 Å². The molecule has 1 saturated heterocycles. The van der Waals surface area contributed by atoms with Crippen LogP contribution < -0.4 is 5.73 Å². The first-order valence-corrected chi connectivity index (χ1v) is 9.72. The van der Waals surface area contributed by atoms with Gasteiger partial charge in [-0.2, -0.15) is 4.31 Å². The fourth-order valence-electron chi connectivity index (χ4n) is 2.95. The summed E-state index contributed by atoms with van der Waals surface area (Å²) >= 11 is 6.17. The van der Waals surface area contributed by atoms with Crippen LogP contribution in [0.2, 0.25) is 5.02 Å². The van der Waals surface area contributed by atoms with Crippen LogP contribution in [0.3, 0.4) is 0 Å². The van der Waals surface area contributed by atoms with Crippen molar-refractivity contribution in [1.29, 1.82) is 0 Å². The molecule has 0 radical (unpaired) electrons. The quantitative estimate of drug-likeness (QED) is 0.892. The van der Waals surface area contributed by atoms with Gasteiger partial charge < -0.3 is 5.73 Å². The van der Waals surface area contributed by atoms with Crippen molar-refractivity contribution in [2.45, 2.75) is 50.5 Å². The maximum Gasteiger partial charge on any atom is 0.244 e. The standard InChI is InChI=1S/C16H25ClN2O2S/c1-3-5-13-7-8-15(17)16(10-13)22(20,21)19-9-4-6-14(11-19)12(2)18/h7-8,10,12,14H,3-6,9,11,18H2,1-2H3. The van der Waals surface area contributed by atoms with Gasteiger partial charge in [0.05, 0.1) is 5.02 Å². The van der Waals surface area contributed by atoms with Gasteiger partial charge in [-0.25, -0.2) is 8.42 Å². The van der Waals surface area contributed by atoms with Gasteiger partial charge in [0, 0.05) is 19.1 Å². The van der Waals surface area contributed by atoms with E-state index in [4.69, 9.17) is 17.3 Å². The first-order chi connectivity index (χ1) is 10.4. The number of aryl methyl sites for hydroxylation is 1. The molecule has 0 saturated carbocycles. The van der Waals surface area contributed by atoms with E-state index < -0.39 is 10.0 Å². The zero-order chi connectivity index (χ0) is 16.3. The van der Waals surface area contributed by atoms with Crippen LogP contribution in [-0.4, -0.2) is 31.9 Å². The van der Waals surface area contributed by atoms with E-state index in [1.165, 1.54) is 0 Å². The van der Waals surface area contributed by atoms with Crippen molar-refractivity contribution < 1.29 is 8.42 Å². The van der Waals surface area contributed by atoms with E-state index in [9.17, 15) is 8.42 Å². The van der Waals surface area contributed by atoms with Crippen LogP contribution >= 0.6 is 11.6 Å². The zero-order valence-electron chi connectivity index (χ0n) is 13.3. The van der Waals surface area contributed by atoms with Crippen molar-refractivity contribution >= 4 is 21.6 Å². The molecule has 0 amide bonds. The number of halogens is 1. The maximum atomic E-state index is 12.9. The van der Waals surface area contributed by atoms with Crippen LogP contribution in [0.5, 0.6) is 0 Å². The summed E-state index contributed by atoms with van der Waals surface area (Å²) < 4.78 is 27.4. The molecule has 1 aliphatic heterocycles. The lowest BCUT2D eigenvalue weighted by Gasteiger charge is -2.34. The number of hydrogen-bond acceptors (Lipinski definition) is 3. The highest BCUT2D eigenvalue weighted by atomic mass is 35.5. The van der Waals surface area contributed by atoms with Gasteiger partial charge in [0.25, 0.3) is 0 Å². The predicted octanol–water partition coefficient (Wildman–Crippen LogP) is 3.04. The average Bonchev–Trinajstić information content (AvgIpc) is 2.49. The molecule has 2 rings (SSSR count). The van der Waals surface area contributed by atoms with Gasteiger partial charge in [-0.05, 0) is 49.8 Å². The second-order valence-electron chi connectivity index (χ2n) is 6.14. The van der Waals surface area contributed by atoms with Crippen molar-refractivity contribution in [3.05, 3.63) is 28.8 Å². The lowest BCUT2D eigenvalue weighted by molar-refractivity contribution is 0.243. The average molecular weight is 345 g/mol. The summed E-state index contributed by atoms with van der Waals surface area (Å²) in [6.45, 7) is 5.03. The number of piperidine rings is 1. The topological polar surface area (TPSA) is 63.4 Å². The minimum absolute atomic E-state index is 0.0000948. The first-order valence-electron chi connectivity index (χ1n) is 7.90. The molecular formula is C16H25ClN2O2S. The third kappa shape index (κ3) is 3.82. The minimum atomic E-state index is -3.55. The lowest BCUT2D eigenvalue weighted by atomic mass is 9.93. The van der Waals surface area contributed by atoms with E-state index in [0.717, 1.165) is 31.2 Å². The molecule has 1 aromatic carbocycles. The molecule has 0 spiro atoms. The van der Waals surface area contributed by atoms with Gasteiger partial charge in [0.15, 0.2) is 0 Å². The molecule has 2 atom stereocenters. The molecule has 1 heterocycles. The van der Waals surface area contributed by atoms with Crippen molar-refractivity contribution in [3.8, 4) is 0 Å². The van der Waals surface area contributed by atoms with Crippen LogP contribution in [0.25, 0.3) is 0 Å². The SMILES string of the molecule is CCCc1ccc(Cl)c(S(=O)(=O)N2CCCC(C(C)N)C2)c1. The Labute approximate surface area is 138 Å². The van der Waals surface area contributed by atoms with Gasteiger partial charge in [0.2, 0.25) is 10.0 Å². The molecule has 22 heavy (non-hydrogen) atoms. The van der Waals surface area contributed by atoms with Gasteiger partial charge in [-0.1, -0.05) is 31.0 Å². The molecule has 124 valence electrons. The van der Waals surface area contributed by atoms with Crippen molar-refractivity contribution in [1.82, 2.24) is 4.31 Å². The number of rotatable bonds is 5. The van der Waals surface area contributed by atoms with Crippen LogP contribution in [-0.2, 0) is 16.4 Å². The van der Waals surface area contributed by atoms with Gasteiger partial charge in [0.1, 0.15) is 4.90 Å². The molecule has 4 nitrogen and oxygen atoms in total. The highest BCUT2D eigenvalue weighted by Gasteiger charge is 2.32. The fraction of sp³-hybridized carbons (Fsp3) is 0.625. The van der Waals surface area contributed by atoms with E-state index in [1.54, 1.807) is 16.4 Å². The smallest absolute Gasteiger partial charge is 0.244 e. The number of sulfonamides is 1. The molecule has 0 aromatic heterocycles. The molecular weight excluding hydrogens is 320 g/mol. The first kappa shape index (κ1) is 17.7. The molecule has 0 bridgehead atoms. The lowest BCUT2D eigenvalue weighted by Crippen LogP contribution is -2.45. The van der Waals surface area contributed by atoms with E-state index >= 15 is 0 Å². The fourth-order valence-corrected chi connectivity index (χ4v) is 5.01. The second kappa shape index (κ2) is 7.30. The van der Waals surface area contributed by atoms with Gasteiger partial charge in [-0.15, -0.1) is 0 Å². The summed E-state index contributed by atoms with van der Waals surface area (Å²) in [7, 11) is -3.55. The molecule has 0 aliphatic carbocycles. The molecule has 1 aromatic rings. The normalized spacial score (nSPS) is 21.7. The second-order valence-corrected chi connectivity index (χ2v) is 8.45. The zero-order valence-corrected chi connectivity index (χ0v) is 14.8. The minimum Gasteiger partial charge on any atom is -0.328 e. The summed E-state index contributed by atoms with van der Waals surface area (Å²) in [6.07, 6.45) is 3.64. The van der Waals surface area contributed by atoms with Crippen molar-refractivity contribution in [2.75, 3.05) is 13.1 Å². The number of nitrogens with zero attached hydrogens (tertiary/aromatic N) is 1. The van der Waals surface area contributed by atoms with Crippen molar-refractivity contribution in [2.24, 2.45) is 11.7 Å². The molecule has 6 heteroatoms. The Morgan fingerprint density at radius 2 is 2.18 bits per heavy atom. The Kier molecular flexibility index (Phi) is 5.88. The third-order valence-electron chi connectivity index (χ3n) is 4.32. The summed E-state index contributed by atoms with van der Waals surface area (Å²) in [5, 5.41) is 0.294. The van der Waals surface area contributed by atoms with Crippen LogP contribution in [0.1, 0.15) is 38.7 Å². The molecule has 2 unspecified atom stereocenters. The molecule has 2 N–H and O–H groups in total. The van der Waals surface area contributed by atoms with E-state index in [1.807, 2.05) is 13.0 Å². The predicted molar refractivity (Wildman–Crippen MR) is 90.6 cm³/mol. The Hall–Kier alpha value is -0.620. The monoisotopic (exact) mass is 344 g/mol.